The van der Waals surface area contributed by atoms with Crippen LogP contribution < -0.4 is 4.74 Å². The molecule has 1 aliphatic rings. The van der Waals surface area contributed by atoms with Gasteiger partial charge in [0, 0.05) is 22.0 Å². The van der Waals surface area contributed by atoms with Gasteiger partial charge in [-0.3, -0.25) is 0 Å². The second kappa shape index (κ2) is 5.65. The monoisotopic (exact) mass is 420 g/mol. The third-order valence-corrected chi connectivity index (χ3v) is 4.83. The summed E-state index contributed by atoms with van der Waals surface area (Å²) in [7, 11) is 0. The molecule has 1 atom stereocenters. The Morgan fingerprint density at radius 1 is 1.05 bits per heavy atom. The van der Waals surface area contributed by atoms with Gasteiger partial charge in [-0.15, -0.1) is 0 Å². The normalized spacial score (nSPS) is 14.7. The van der Waals surface area contributed by atoms with Gasteiger partial charge in [0.2, 0.25) is 0 Å². The summed E-state index contributed by atoms with van der Waals surface area (Å²) in [5.41, 5.74) is 1.72. The average Bonchev–Trinajstić information content (AvgIpc) is 2.91. The smallest absolute Gasteiger partial charge is 0.194 e. The van der Waals surface area contributed by atoms with Crippen LogP contribution in [0.15, 0.2) is 28.7 Å². The van der Waals surface area contributed by atoms with Gasteiger partial charge in [-0.25, -0.2) is 13.2 Å². The fourth-order valence-electron chi connectivity index (χ4n) is 2.39. The van der Waals surface area contributed by atoms with E-state index in [4.69, 9.17) is 4.74 Å². The number of fused-ring (bicyclic) bond motifs is 1. The van der Waals surface area contributed by atoms with Crippen LogP contribution in [0.25, 0.3) is 0 Å². The van der Waals surface area contributed by atoms with Crippen molar-refractivity contribution >= 4 is 31.9 Å². The Morgan fingerprint density at radius 3 is 2.57 bits per heavy atom. The van der Waals surface area contributed by atoms with Crippen molar-refractivity contribution in [2.75, 3.05) is 6.61 Å². The highest BCUT2D eigenvalue weighted by Gasteiger charge is 2.26. The SMILES string of the molecule is Fc1ccc(C(Br)c2cc(Br)cc3c2OCC3)c(F)c1F. The van der Waals surface area contributed by atoms with E-state index in [9.17, 15) is 13.2 Å². The van der Waals surface area contributed by atoms with Crippen LogP contribution >= 0.6 is 31.9 Å². The number of ether oxygens (including phenoxy) is 1. The highest BCUT2D eigenvalue weighted by atomic mass is 79.9. The minimum absolute atomic E-state index is 0.0321. The van der Waals surface area contributed by atoms with E-state index in [1.165, 1.54) is 6.07 Å². The van der Waals surface area contributed by atoms with E-state index in [2.05, 4.69) is 31.9 Å². The van der Waals surface area contributed by atoms with Crippen LogP contribution in [0.3, 0.4) is 0 Å². The minimum Gasteiger partial charge on any atom is -0.493 e. The molecule has 6 heteroatoms. The zero-order chi connectivity index (χ0) is 15.1. The molecule has 0 saturated carbocycles. The van der Waals surface area contributed by atoms with Crippen LogP contribution in [0.2, 0.25) is 0 Å². The van der Waals surface area contributed by atoms with Crippen LogP contribution in [0, 0.1) is 17.5 Å². The molecule has 0 radical (unpaired) electrons. The average molecular weight is 422 g/mol. The Kier molecular flexibility index (Phi) is 4.01. The van der Waals surface area contributed by atoms with Gasteiger partial charge < -0.3 is 4.74 Å². The molecule has 0 saturated heterocycles. The Hall–Kier alpha value is -1.01. The summed E-state index contributed by atoms with van der Waals surface area (Å²) in [6, 6.07) is 5.87. The van der Waals surface area contributed by atoms with Gasteiger partial charge in [0.15, 0.2) is 17.5 Å². The lowest BCUT2D eigenvalue weighted by Gasteiger charge is -2.16. The molecule has 0 bridgehead atoms. The predicted octanol–water partition coefficient (Wildman–Crippen LogP) is 5.29. The van der Waals surface area contributed by atoms with Gasteiger partial charge in [0.1, 0.15) is 5.75 Å². The second-order valence-electron chi connectivity index (χ2n) is 4.71. The van der Waals surface area contributed by atoms with E-state index >= 15 is 0 Å². The second-order valence-corrected chi connectivity index (χ2v) is 6.54. The Balaban J connectivity index is 2.12. The Labute approximate surface area is 136 Å². The lowest BCUT2D eigenvalue weighted by atomic mass is 10.0. The maximum absolute atomic E-state index is 14.0. The summed E-state index contributed by atoms with van der Waals surface area (Å²) in [6.45, 7) is 0.554. The molecule has 1 aliphatic heterocycles. The highest BCUT2D eigenvalue weighted by molar-refractivity contribution is 9.10. The molecule has 1 heterocycles. The molecule has 110 valence electrons. The van der Waals surface area contributed by atoms with Gasteiger partial charge in [0.05, 0.1) is 11.4 Å². The molecule has 1 nitrogen and oxygen atoms in total. The molecule has 0 spiro atoms. The number of rotatable bonds is 2. The fourth-order valence-corrected chi connectivity index (χ4v) is 3.61. The van der Waals surface area contributed by atoms with E-state index in [0.717, 1.165) is 22.5 Å². The third kappa shape index (κ3) is 2.59. The van der Waals surface area contributed by atoms with Crippen molar-refractivity contribution in [2.24, 2.45) is 0 Å². The molecule has 21 heavy (non-hydrogen) atoms. The molecular formula is C15H9Br2F3O. The highest BCUT2D eigenvalue weighted by Crippen LogP contribution is 2.43. The van der Waals surface area contributed by atoms with Gasteiger partial charge >= 0.3 is 0 Å². The predicted molar refractivity (Wildman–Crippen MR) is 80.4 cm³/mol. The van der Waals surface area contributed by atoms with Gasteiger partial charge in [-0.1, -0.05) is 37.9 Å². The fraction of sp³-hybridized carbons (Fsp3) is 0.200. The summed E-state index contributed by atoms with van der Waals surface area (Å²) < 4.78 is 46.8. The van der Waals surface area contributed by atoms with Crippen molar-refractivity contribution in [3.8, 4) is 5.75 Å². The summed E-state index contributed by atoms with van der Waals surface area (Å²) in [6.07, 6.45) is 0.766. The van der Waals surface area contributed by atoms with Crippen LogP contribution in [0.5, 0.6) is 5.75 Å². The van der Waals surface area contributed by atoms with E-state index in [1.54, 1.807) is 6.07 Å². The maximum Gasteiger partial charge on any atom is 0.194 e. The first kappa shape index (κ1) is 14.9. The van der Waals surface area contributed by atoms with Crippen LogP contribution in [-0.4, -0.2) is 6.61 Å². The first-order valence-electron chi connectivity index (χ1n) is 6.21. The van der Waals surface area contributed by atoms with E-state index in [1.807, 2.05) is 6.07 Å². The topological polar surface area (TPSA) is 9.23 Å². The third-order valence-electron chi connectivity index (χ3n) is 3.39. The first-order chi connectivity index (χ1) is 9.99. The van der Waals surface area contributed by atoms with E-state index < -0.39 is 22.3 Å². The number of hydrogen-bond acceptors (Lipinski definition) is 1. The molecule has 2 aromatic carbocycles. The standard InChI is InChI=1S/C15H9Br2F3O/c16-8-5-7-3-4-21-15(7)10(6-8)12(17)9-1-2-11(18)14(20)13(9)19/h1-2,5-6,12H,3-4H2. The lowest BCUT2D eigenvalue weighted by Crippen LogP contribution is -2.03. The molecule has 0 amide bonds. The number of alkyl halides is 1. The Bertz CT molecular complexity index is 719. The molecule has 3 rings (SSSR count). The minimum atomic E-state index is -1.47. The van der Waals surface area contributed by atoms with Crippen molar-refractivity contribution in [3.05, 3.63) is 62.9 Å². The van der Waals surface area contributed by atoms with Gasteiger partial charge in [-0.05, 0) is 23.8 Å². The molecule has 0 aromatic heterocycles. The number of benzene rings is 2. The molecule has 0 aliphatic carbocycles. The molecule has 2 aromatic rings. The molecular weight excluding hydrogens is 413 g/mol. The van der Waals surface area contributed by atoms with Crippen molar-refractivity contribution in [1.82, 2.24) is 0 Å². The summed E-state index contributed by atoms with van der Waals surface area (Å²) in [5.74, 6) is -3.19. The summed E-state index contributed by atoms with van der Waals surface area (Å²) >= 11 is 6.76. The van der Waals surface area contributed by atoms with Crippen molar-refractivity contribution in [3.63, 3.8) is 0 Å². The van der Waals surface area contributed by atoms with Crippen molar-refractivity contribution in [1.29, 1.82) is 0 Å². The number of hydrogen-bond donors (Lipinski definition) is 0. The van der Waals surface area contributed by atoms with Crippen LogP contribution in [0.1, 0.15) is 21.5 Å². The van der Waals surface area contributed by atoms with Crippen LogP contribution in [0.4, 0.5) is 13.2 Å². The zero-order valence-corrected chi connectivity index (χ0v) is 13.8. The maximum atomic E-state index is 14.0. The Morgan fingerprint density at radius 2 is 1.81 bits per heavy atom. The zero-order valence-electron chi connectivity index (χ0n) is 10.6. The molecule has 0 N–H and O–H groups in total. The summed E-state index contributed by atoms with van der Waals surface area (Å²) in [5, 5.41) is 0. The number of halogens is 5. The molecule has 1 unspecified atom stereocenters. The van der Waals surface area contributed by atoms with E-state index in [-0.39, 0.29) is 5.56 Å². The van der Waals surface area contributed by atoms with E-state index in [0.29, 0.717) is 17.9 Å². The van der Waals surface area contributed by atoms with Gasteiger partial charge in [-0.2, -0.15) is 0 Å². The van der Waals surface area contributed by atoms with Crippen LogP contribution in [-0.2, 0) is 6.42 Å². The van der Waals surface area contributed by atoms with Crippen molar-refractivity contribution in [2.45, 2.75) is 11.2 Å². The van der Waals surface area contributed by atoms with Crippen molar-refractivity contribution < 1.29 is 17.9 Å². The summed E-state index contributed by atoms with van der Waals surface area (Å²) in [4.78, 5) is -0.628. The molecule has 0 fully saturated rings. The quantitative estimate of drug-likeness (QED) is 0.473. The van der Waals surface area contributed by atoms with Gasteiger partial charge in [0.25, 0.3) is 0 Å². The largest absolute Gasteiger partial charge is 0.493 e. The first-order valence-corrected chi connectivity index (χ1v) is 7.92. The lowest BCUT2D eigenvalue weighted by molar-refractivity contribution is 0.353.